The SMILES string of the molecule is CC(=O)OCC1=C(C)CC([C@@H](C)C2CCC3C4C[C@H]5O[C@]56[C@@H](OC(C)=O)[C@@H](OS(=O)(=O)O)CC(=O)[C@]6(C)C4CC[C@@]32C)OC1=O. The predicted octanol–water partition coefficient (Wildman–Crippen LogP) is 3.52. The van der Waals surface area contributed by atoms with E-state index in [1.54, 1.807) is 0 Å². The Balaban J connectivity index is 1.24. The summed E-state index contributed by atoms with van der Waals surface area (Å²) in [6.07, 6.45) is 1.19. The van der Waals surface area contributed by atoms with Gasteiger partial charge in [0.05, 0.1) is 17.1 Å². The van der Waals surface area contributed by atoms with E-state index < -0.39 is 57.6 Å². The molecule has 0 aromatic heterocycles. The van der Waals surface area contributed by atoms with Gasteiger partial charge in [0.1, 0.15) is 30.2 Å². The zero-order chi connectivity index (χ0) is 32.9. The van der Waals surface area contributed by atoms with Crippen molar-refractivity contribution in [3.63, 3.8) is 0 Å². The number of ketones is 1. The zero-order valence-corrected chi connectivity index (χ0v) is 27.5. The van der Waals surface area contributed by atoms with E-state index in [0.29, 0.717) is 24.3 Å². The van der Waals surface area contributed by atoms with Crippen LogP contribution in [0.2, 0.25) is 0 Å². The van der Waals surface area contributed by atoms with Crippen LogP contribution < -0.4 is 0 Å². The molecule has 6 aliphatic rings. The van der Waals surface area contributed by atoms with Gasteiger partial charge in [-0.25, -0.2) is 8.98 Å². The molecule has 0 radical (unpaired) electrons. The summed E-state index contributed by atoms with van der Waals surface area (Å²) in [7, 11) is -4.92. The molecule has 45 heavy (non-hydrogen) atoms. The minimum Gasteiger partial charge on any atom is -0.461 e. The van der Waals surface area contributed by atoms with Gasteiger partial charge in [0.2, 0.25) is 0 Å². The maximum absolute atomic E-state index is 14.0. The number of Topliss-reactive ketones (excluding diaryl/α,β-unsaturated/α-hetero) is 1. The van der Waals surface area contributed by atoms with E-state index in [1.165, 1.54) is 13.8 Å². The Bertz CT molecular complexity index is 1450. The lowest BCUT2D eigenvalue weighted by Gasteiger charge is -2.59. The summed E-state index contributed by atoms with van der Waals surface area (Å²) in [5.41, 5.74) is -1.01. The first-order valence-corrected chi connectivity index (χ1v) is 17.4. The van der Waals surface area contributed by atoms with E-state index in [1.807, 2.05) is 13.8 Å². The van der Waals surface area contributed by atoms with Crippen molar-refractivity contribution in [3.05, 3.63) is 11.1 Å². The monoisotopic (exact) mass is 652 g/mol. The van der Waals surface area contributed by atoms with Gasteiger partial charge in [-0.15, -0.1) is 0 Å². The van der Waals surface area contributed by atoms with Crippen molar-refractivity contribution < 1.29 is 55.3 Å². The molecule has 1 spiro atoms. The van der Waals surface area contributed by atoms with E-state index in [9.17, 15) is 32.1 Å². The van der Waals surface area contributed by atoms with Crippen LogP contribution >= 0.6 is 0 Å². The number of ether oxygens (including phenoxy) is 4. The van der Waals surface area contributed by atoms with E-state index in [0.717, 1.165) is 31.3 Å². The molecular weight excluding hydrogens is 608 g/mol. The fraction of sp³-hybridized carbons (Fsp3) is 0.812. The van der Waals surface area contributed by atoms with Crippen molar-refractivity contribution in [1.82, 2.24) is 0 Å². The van der Waals surface area contributed by atoms with Crippen LogP contribution in [-0.4, -0.2) is 73.3 Å². The minimum absolute atomic E-state index is 0.0580. The molecule has 12 atom stereocenters. The fourth-order valence-electron chi connectivity index (χ4n) is 10.7. The average Bonchev–Trinajstić information content (AvgIpc) is 3.55. The van der Waals surface area contributed by atoms with Crippen molar-refractivity contribution in [2.24, 2.45) is 40.4 Å². The first-order valence-electron chi connectivity index (χ1n) is 16.0. The van der Waals surface area contributed by atoms with Gasteiger partial charge in [0, 0.05) is 26.7 Å². The summed E-state index contributed by atoms with van der Waals surface area (Å²) >= 11 is 0. The fourth-order valence-corrected chi connectivity index (χ4v) is 11.2. The normalized spacial score (nSPS) is 44.5. The summed E-state index contributed by atoms with van der Waals surface area (Å²) in [5.74, 6) is -0.974. The van der Waals surface area contributed by atoms with Gasteiger partial charge >= 0.3 is 28.3 Å². The third kappa shape index (κ3) is 4.98. The Kier molecular flexibility index (Phi) is 7.86. The molecule has 0 aromatic carbocycles. The van der Waals surface area contributed by atoms with Crippen molar-refractivity contribution in [1.29, 1.82) is 0 Å². The molecule has 12 nitrogen and oxygen atoms in total. The summed E-state index contributed by atoms with van der Waals surface area (Å²) in [4.78, 5) is 50.4. The number of epoxide rings is 1. The van der Waals surface area contributed by atoms with Crippen LogP contribution in [0, 0.1) is 40.4 Å². The van der Waals surface area contributed by atoms with Gasteiger partial charge in [-0.05, 0) is 81.0 Å². The summed E-state index contributed by atoms with van der Waals surface area (Å²) in [5, 5.41) is 0. The van der Waals surface area contributed by atoms with Crippen LogP contribution in [0.4, 0.5) is 0 Å². The highest BCUT2D eigenvalue weighted by atomic mass is 32.3. The second-order valence-electron chi connectivity index (χ2n) is 14.7. The maximum Gasteiger partial charge on any atom is 0.397 e. The summed E-state index contributed by atoms with van der Waals surface area (Å²) < 4.78 is 60.7. The highest BCUT2D eigenvalue weighted by Gasteiger charge is 2.83. The molecule has 4 aliphatic carbocycles. The number of carbonyl (C=O) groups is 4. The number of rotatable bonds is 7. The van der Waals surface area contributed by atoms with E-state index in [4.69, 9.17) is 23.1 Å². The van der Waals surface area contributed by atoms with Crippen molar-refractivity contribution in [3.8, 4) is 0 Å². The van der Waals surface area contributed by atoms with Crippen LogP contribution in [0.1, 0.15) is 86.5 Å². The Labute approximate surface area is 263 Å². The number of hydrogen-bond donors (Lipinski definition) is 1. The Hall–Kier alpha value is -2.35. The molecule has 13 heteroatoms. The first kappa shape index (κ1) is 32.6. The third-order valence-corrected chi connectivity index (χ3v) is 13.2. The van der Waals surface area contributed by atoms with Crippen molar-refractivity contribution in [2.45, 2.75) is 117 Å². The summed E-state index contributed by atoms with van der Waals surface area (Å²) in [6.45, 7) is 10.7. The largest absolute Gasteiger partial charge is 0.461 e. The highest BCUT2D eigenvalue weighted by molar-refractivity contribution is 7.80. The molecule has 4 saturated carbocycles. The van der Waals surface area contributed by atoms with Gasteiger partial charge in [0.25, 0.3) is 0 Å². The molecule has 6 rings (SSSR count). The van der Waals surface area contributed by atoms with Crippen molar-refractivity contribution in [2.75, 3.05) is 6.61 Å². The van der Waals surface area contributed by atoms with Gasteiger partial charge in [-0.1, -0.05) is 19.4 Å². The molecule has 250 valence electrons. The van der Waals surface area contributed by atoms with Crippen LogP contribution in [0.15, 0.2) is 11.1 Å². The highest BCUT2D eigenvalue weighted by Crippen LogP contribution is 2.74. The number of cyclic esters (lactones) is 1. The Morgan fingerprint density at radius 2 is 1.78 bits per heavy atom. The molecule has 5 fully saturated rings. The molecule has 5 unspecified atom stereocenters. The second-order valence-corrected chi connectivity index (χ2v) is 15.8. The lowest BCUT2D eigenvalue weighted by atomic mass is 9.43. The maximum atomic E-state index is 14.0. The quantitative estimate of drug-likeness (QED) is 0.184. The lowest BCUT2D eigenvalue weighted by molar-refractivity contribution is -0.192. The molecule has 0 aromatic rings. The Morgan fingerprint density at radius 1 is 1.07 bits per heavy atom. The van der Waals surface area contributed by atoms with Gasteiger partial charge < -0.3 is 18.9 Å². The van der Waals surface area contributed by atoms with Crippen molar-refractivity contribution >= 4 is 34.1 Å². The first-order chi connectivity index (χ1) is 20.9. The number of esters is 3. The Morgan fingerprint density at radius 3 is 2.40 bits per heavy atom. The molecular formula is C32H44O12S. The molecule has 0 bridgehead atoms. The van der Waals surface area contributed by atoms with Crippen LogP contribution in [-0.2, 0) is 52.7 Å². The summed E-state index contributed by atoms with van der Waals surface area (Å²) in [6, 6.07) is 0. The van der Waals surface area contributed by atoms with Crippen LogP contribution in [0.3, 0.4) is 0 Å². The van der Waals surface area contributed by atoms with Gasteiger partial charge in [-0.3, -0.25) is 18.9 Å². The third-order valence-electron chi connectivity index (χ3n) is 12.7. The molecule has 1 N–H and O–H groups in total. The average molecular weight is 653 g/mol. The predicted molar refractivity (Wildman–Crippen MR) is 155 cm³/mol. The van der Waals surface area contributed by atoms with E-state index >= 15 is 0 Å². The van der Waals surface area contributed by atoms with Crippen LogP contribution in [0.25, 0.3) is 0 Å². The molecule has 2 heterocycles. The standard InChI is InChI=1S/C32H44O12S/c1-15-11-24(42-29(36)20(15)14-40-17(3)33)16(2)21-7-8-22-19-12-27-32(43-27)28(41-18(4)34)25(44-45(37,38)39)13-26(35)31(32,6)23(19)9-10-30(21,22)5/h16,19,21-25,27-28H,7-14H2,1-6H3,(H,37,38,39)/t16-,19?,21?,22?,23?,24?,25-,27+,28-,30+,31-,32-/m0/s1. The van der Waals surface area contributed by atoms with Gasteiger partial charge in [-0.2, -0.15) is 8.42 Å². The molecule has 1 saturated heterocycles. The zero-order valence-electron chi connectivity index (χ0n) is 26.7. The minimum atomic E-state index is -4.92. The smallest absolute Gasteiger partial charge is 0.397 e. The van der Waals surface area contributed by atoms with E-state index in [-0.39, 0.29) is 54.0 Å². The number of fused-ring (bicyclic) bond motifs is 4. The second kappa shape index (κ2) is 10.8. The topological polar surface area (TPSA) is 172 Å². The van der Waals surface area contributed by atoms with Gasteiger partial charge in [0.15, 0.2) is 6.10 Å². The number of hydrogen-bond acceptors (Lipinski definition) is 11. The molecule has 2 aliphatic heterocycles. The molecule has 0 amide bonds. The lowest BCUT2D eigenvalue weighted by Crippen LogP contribution is -2.69. The van der Waals surface area contributed by atoms with Crippen LogP contribution in [0.5, 0.6) is 0 Å². The number of carbonyl (C=O) groups excluding carboxylic acids is 4. The van der Waals surface area contributed by atoms with E-state index in [2.05, 4.69) is 13.8 Å².